The number of hydrogen-bond donors (Lipinski definition) is 3. The van der Waals surface area contributed by atoms with E-state index in [1.807, 2.05) is 12.2 Å². The molecule has 3 N–H and O–H groups in total. The molecule has 160 valence electrons. The molecule has 0 saturated heterocycles. The number of thiophene rings is 1. The van der Waals surface area contributed by atoms with Crippen molar-refractivity contribution in [3.63, 3.8) is 0 Å². The third-order valence-electron chi connectivity index (χ3n) is 7.22. The summed E-state index contributed by atoms with van der Waals surface area (Å²) in [5.41, 5.74) is 1.69. The van der Waals surface area contributed by atoms with Crippen LogP contribution in [0.2, 0.25) is 0 Å². The number of carbonyl (C=O) groups is 3. The number of amides is 2. The molecule has 6 nitrogen and oxygen atoms in total. The number of aliphatic carboxylic acids is 1. The largest absolute Gasteiger partial charge is 0.481 e. The molecular formula is C23H28N2O4S. The highest BCUT2D eigenvalue weighted by molar-refractivity contribution is 7.17. The van der Waals surface area contributed by atoms with Gasteiger partial charge in [0.05, 0.1) is 17.4 Å². The van der Waals surface area contributed by atoms with Gasteiger partial charge in [-0.1, -0.05) is 19.1 Å². The smallest absolute Gasteiger partial charge is 0.307 e. The predicted octanol–water partition coefficient (Wildman–Crippen LogP) is 3.62. The third kappa shape index (κ3) is 3.47. The average Bonchev–Trinajstić information content (AvgIpc) is 3.46. The van der Waals surface area contributed by atoms with E-state index in [1.54, 1.807) is 0 Å². The Labute approximate surface area is 180 Å². The maximum atomic E-state index is 13.3. The summed E-state index contributed by atoms with van der Waals surface area (Å²) in [4.78, 5) is 39.5. The number of carboxylic acids is 1. The Bertz CT molecular complexity index is 932. The summed E-state index contributed by atoms with van der Waals surface area (Å²) in [5, 5.41) is 16.5. The number of fused-ring (bicyclic) bond motifs is 3. The standard InChI is InChI=1S/C23H28N2O4S/c1-11-2-9-15-16(10-11)30-22(19(15)21(27)24-14-7-8-14)25-20(26)17-12-3-5-13(6-4-12)18(17)23(28)29/h3,5,11-14,17-18H,2,4,6-10H2,1H3,(H,24,27)(H,25,26)(H,28,29). The number of hydrogen-bond acceptors (Lipinski definition) is 4. The van der Waals surface area contributed by atoms with Crippen molar-refractivity contribution in [2.75, 3.05) is 5.32 Å². The molecule has 2 bridgehead atoms. The summed E-state index contributed by atoms with van der Waals surface area (Å²) in [6.07, 6.45) is 10.5. The normalized spacial score (nSPS) is 31.8. The van der Waals surface area contributed by atoms with Gasteiger partial charge in [-0.05, 0) is 68.3 Å². The van der Waals surface area contributed by atoms with Gasteiger partial charge >= 0.3 is 5.97 Å². The number of nitrogens with one attached hydrogen (secondary N) is 2. The molecule has 2 saturated carbocycles. The molecule has 2 fully saturated rings. The van der Waals surface area contributed by atoms with E-state index in [1.165, 1.54) is 16.2 Å². The lowest BCUT2D eigenvalue weighted by atomic mass is 9.62. The first-order chi connectivity index (χ1) is 14.4. The zero-order valence-electron chi connectivity index (χ0n) is 17.1. The van der Waals surface area contributed by atoms with Crippen molar-refractivity contribution in [3.8, 4) is 0 Å². The minimum Gasteiger partial charge on any atom is -0.481 e. The Morgan fingerprint density at radius 3 is 2.37 bits per heavy atom. The van der Waals surface area contributed by atoms with Gasteiger partial charge in [0.2, 0.25) is 5.91 Å². The number of rotatable bonds is 5. The summed E-state index contributed by atoms with van der Waals surface area (Å²) < 4.78 is 0. The van der Waals surface area contributed by atoms with Crippen LogP contribution in [0.5, 0.6) is 0 Å². The van der Waals surface area contributed by atoms with Crippen molar-refractivity contribution < 1.29 is 19.5 Å². The highest BCUT2D eigenvalue weighted by Gasteiger charge is 2.48. The lowest BCUT2D eigenvalue weighted by molar-refractivity contribution is -0.151. The highest BCUT2D eigenvalue weighted by Crippen LogP contribution is 2.46. The molecule has 5 atom stereocenters. The molecule has 0 aliphatic heterocycles. The number of carboxylic acid groups (broad SMARTS) is 1. The fraction of sp³-hybridized carbons (Fsp3) is 0.609. The molecule has 6 rings (SSSR count). The summed E-state index contributed by atoms with van der Waals surface area (Å²) in [6.45, 7) is 2.22. The number of carbonyl (C=O) groups excluding carboxylic acids is 2. The lowest BCUT2D eigenvalue weighted by Crippen LogP contribution is -2.47. The monoisotopic (exact) mass is 428 g/mol. The fourth-order valence-corrected chi connectivity index (χ4v) is 6.86. The molecule has 5 aliphatic carbocycles. The van der Waals surface area contributed by atoms with Gasteiger partial charge in [-0.2, -0.15) is 0 Å². The van der Waals surface area contributed by atoms with Gasteiger partial charge in [0.1, 0.15) is 5.00 Å². The van der Waals surface area contributed by atoms with Gasteiger partial charge in [0, 0.05) is 10.9 Å². The fourth-order valence-electron chi connectivity index (χ4n) is 5.45. The molecule has 1 aromatic heterocycles. The maximum absolute atomic E-state index is 13.3. The van der Waals surface area contributed by atoms with Crippen LogP contribution in [-0.4, -0.2) is 28.9 Å². The van der Waals surface area contributed by atoms with Crippen LogP contribution >= 0.6 is 11.3 Å². The Morgan fingerprint density at radius 1 is 1.03 bits per heavy atom. The minimum atomic E-state index is -0.903. The predicted molar refractivity (Wildman–Crippen MR) is 115 cm³/mol. The van der Waals surface area contributed by atoms with Crippen LogP contribution < -0.4 is 10.6 Å². The summed E-state index contributed by atoms with van der Waals surface area (Å²) in [7, 11) is 0. The van der Waals surface area contributed by atoms with E-state index < -0.39 is 17.8 Å². The van der Waals surface area contributed by atoms with Crippen LogP contribution in [0.3, 0.4) is 0 Å². The summed E-state index contributed by atoms with van der Waals surface area (Å²) in [5.74, 6) is -2.09. The van der Waals surface area contributed by atoms with Crippen molar-refractivity contribution in [1.82, 2.24) is 5.32 Å². The molecule has 5 unspecified atom stereocenters. The van der Waals surface area contributed by atoms with Crippen molar-refractivity contribution in [2.45, 2.75) is 57.9 Å². The second-order valence-electron chi connectivity index (χ2n) is 9.47. The second-order valence-corrected chi connectivity index (χ2v) is 10.6. The molecule has 0 radical (unpaired) electrons. The highest BCUT2D eigenvalue weighted by atomic mass is 32.1. The van der Waals surface area contributed by atoms with Crippen LogP contribution in [0.4, 0.5) is 5.00 Å². The van der Waals surface area contributed by atoms with Crippen molar-refractivity contribution in [2.24, 2.45) is 29.6 Å². The number of allylic oxidation sites excluding steroid dienone is 2. The molecule has 7 heteroatoms. The van der Waals surface area contributed by atoms with Crippen molar-refractivity contribution >= 4 is 34.1 Å². The second kappa shape index (κ2) is 7.52. The number of anilines is 1. The molecule has 1 aromatic rings. The molecule has 0 spiro atoms. The molecule has 0 aromatic carbocycles. The Kier molecular flexibility index (Phi) is 4.96. The summed E-state index contributed by atoms with van der Waals surface area (Å²) in [6, 6.07) is 0.245. The van der Waals surface area contributed by atoms with Crippen molar-refractivity contribution in [3.05, 3.63) is 28.2 Å². The van der Waals surface area contributed by atoms with E-state index in [0.717, 1.165) is 50.5 Å². The van der Waals surface area contributed by atoms with E-state index in [0.29, 0.717) is 16.5 Å². The SMILES string of the molecule is CC1CCc2c(sc(NC(=O)C3C4C=CC(CC4)C3C(=O)O)c2C(=O)NC2CC2)C1. The van der Waals surface area contributed by atoms with Gasteiger partial charge in [-0.3, -0.25) is 14.4 Å². The van der Waals surface area contributed by atoms with E-state index in [4.69, 9.17) is 0 Å². The molecule has 5 aliphatic rings. The Morgan fingerprint density at radius 2 is 1.73 bits per heavy atom. The molecule has 1 heterocycles. The van der Waals surface area contributed by atoms with E-state index >= 15 is 0 Å². The lowest BCUT2D eigenvalue weighted by Gasteiger charge is -2.41. The molecule has 30 heavy (non-hydrogen) atoms. The zero-order valence-corrected chi connectivity index (χ0v) is 18.0. The van der Waals surface area contributed by atoms with Crippen LogP contribution in [0, 0.1) is 29.6 Å². The van der Waals surface area contributed by atoms with Gasteiger partial charge in [-0.15, -0.1) is 11.3 Å². The Balaban J connectivity index is 1.45. The Hall–Kier alpha value is -2.15. The van der Waals surface area contributed by atoms with E-state index in [2.05, 4.69) is 17.6 Å². The minimum absolute atomic E-state index is 0.0468. The first-order valence-electron chi connectivity index (χ1n) is 11.1. The van der Waals surface area contributed by atoms with Crippen LogP contribution in [-0.2, 0) is 22.4 Å². The van der Waals surface area contributed by atoms with E-state index in [9.17, 15) is 19.5 Å². The summed E-state index contributed by atoms with van der Waals surface area (Å²) >= 11 is 1.51. The molecule has 2 amide bonds. The van der Waals surface area contributed by atoms with Crippen LogP contribution in [0.1, 0.15) is 59.8 Å². The maximum Gasteiger partial charge on any atom is 0.307 e. The van der Waals surface area contributed by atoms with Crippen LogP contribution in [0.25, 0.3) is 0 Å². The van der Waals surface area contributed by atoms with Gasteiger partial charge in [0.15, 0.2) is 0 Å². The zero-order chi connectivity index (χ0) is 21.0. The molecular weight excluding hydrogens is 400 g/mol. The van der Waals surface area contributed by atoms with Crippen molar-refractivity contribution in [1.29, 1.82) is 0 Å². The third-order valence-corrected chi connectivity index (χ3v) is 8.39. The van der Waals surface area contributed by atoms with Gasteiger partial charge in [0.25, 0.3) is 5.91 Å². The van der Waals surface area contributed by atoms with Gasteiger partial charge < -0.3 is 15.7 Å². The quantitative estimate of drug-likeness (QED) is 0.624. The first kappa shape index (κ1) is 19.8. The average molecular weight is 429 g/mol. The van der Waals surface area contributed by atoms with Crippen LogP contribution in [0.15, 0.2) is 12.2 Å². The first-order valence-corrected chi connectivity index (χ1v) is 11.9. The van der Waals surface area contributed by atoms with Gasteiger partial charge in [-0.25, -0.2) is 0 Å². The van der Waals surface area contributed by atoms with E-state index in [-0.39, 0.29) is 29.7 Å². The topological polar surface area (TPSA) is 95.5 Å².